The smallest absolute Gasteiger partial charge is 0.253 e. The van der Waals surface area contributed by atoms with E-state index in [4.69, 9.17) is 11.1 Å². The summed E-state index contributed by atoms with van der Waals surface area (Å²) in [5, 5.41) is 7.26. The van der Waals surface area contributed by atoms with E-state index in [0.717, 1.165) is 25.9 Å². The van der Waals surface area contributed by atoms with Gasteiger partial charge >= 0.3 is 0 Å². The lowest BCUT2D eigenvalue weighted by Crippen LogP contribution is -2.27. The van der Waals surface area contributed by atoms with Gasteiger partial charge in [0.1, 0.15) is 5.84 Å². The molecule has 0 aromatic heterocycles. The van der Waals surface area contributed by atoms with Gasteiger partial charge in [-0.3, -0.25) is 10.2 Å². The van der Waals surface area contributed by atoms with E-state index in [1.807, 2.05) is 4.90 Å². The second-order valence-corrected chi connectivity index (χ2v) is 3.99. The maximum Gasteiger partial charge on any atom is 0.253 e. The van der Waals surface area contributed by atoms with Crippen molar-refractivity contribution in [1.29, 1.82) is 5.41 Å². The lowest BCUT2D eigenvalue weighted by Gasteiger charge is -2.15. The number of hydrogen-bond donors (Lipinski definition) is 2. The largest absolute Gasteiger partial charge is 0.384 e. The Bertz CT molecular complexity index is 405. The Morgan fingerprint density at radius 2 is 1.62 bits per heavy atom. The van der Waals surface area contributed by atoms with Crippen LogP contribution in [0.4, 0.5) is 0 Å². The number of amidine groups is 1. The predicted octanol–water partition coefficient (Wildman–Crippen LogP) is 1.21. The van der Waals surface area contributed by atoms with Crippen molar-refractivity contribution >= 4 is 11.7 Å². The van der Waals surface area contributed by atoms with Crippen LogP contribution in [-0.4, -0.2) is 29.7 Å². The van der Waals surface area contributed by atoms with Crippen molar-refractivity contribution in [3.8, 4) is 0 Å². The first-order valence-corrected chi connectivity index (χ1v) is 5.42. The quantitative estimate of drug-likeness (QED) is 0.577. The molecular weight excluding hydrogens is 202 g/mol. The molecule has 0 radical (unpaired) electrons. The van der Waals surface area contributed by atoms with Crippen molar-refractivity contribution in [1.82, 2.24) is 4.90 Å². The number of rotatable bonds is 2. The van der Waals surface area contributed by atoms with Gasteiger partial charge in [0.2, 0.25) is 0 Å². The molecule has 1 aliphatic rings. The van der Waals surface area contributed by atoms with E-state index in [1.165, 1.54) is 0 Å². The van der Waals surface area contributed by atoms with Gasteiger partial charge in [0.15, 0.2) is 0 Å². The Kier molecular flexibility index (Phi) is 2.90. The predicted molar refractivity (Wildman–Crippen MR) is 62.6 cm³/mol. The van der Waals surface area contributed by atoms with Crippen LogP contribution in [0.15, 0.2) is 24.3 Å². The van der Waals surface area contributed by atoms with Crippen LogP contribution in [0.5, 0.6) is 0 Å². The number of hydrogen-bond acceptors (Lipinski definition) is 2. The highest BCUT2D eigenvalue weighted by molar-refractivity contribution is 5.98. The second kappa shape index (κ2) is 4.35. The van der Waals surface area contributed by atoms with E-state index in [9.17, 15) is 4.79 Å². The summed E-state index contributed by atoms with van der Waals surface area (Å²) in [7, 11) is 0. The number of nitrogen functional groups attached to an aromatic ring is 1. The highest BCUT2D eigenvalue weighted by atomic mass is 16.2. The third-order valence-corrected chi connectivity index (χ3v) is 2.84. The molecule has 1 amide bonds. The highest BCUT2D eigenvalue weighted by Crippen LogP contribution is 2.13. The summed E-state index contributed by atoms with van der Waals surface area (Å²) >= 11 is 0. The normalized spacial score (nSPS) is 15.1. The molecule has 84 valence electrons. The zero-order valence-electron chi connectivity index (χ0n) is 9.07. The molecule has 2 rings (SSSR count). The molecule has 4 nitrogen and oxygen atoms in total. The molecule has 3 N–H and O–H groups in total. The first-order chi connectivity index (χ1) is 7.68. The molecule has 0 unspecified atom stereocenters. The molecule has 1 aromatic carbocycles. The second-order valence-electron chi connectivity index (χ2n) is 3.99. The molecule has 0 aliphatic carbocycles. The van der Waals surface area contributed by atoms with Gasteiger partial charge in [-0.1, -0.05) is 12.1 Å². The first-order valence-electron chi connectivity index (χ1n) is 5.42. The van der Waals surface area contributed by atoms with Crippen molar-refractivity contribution in [2.45, 2.75) is 12.8 Å². The van der Waals surface area contributed by atoms with Crippen molar-refractivity contribution in [3.05, 3.63) is 35.4 Å². The van der Waals surface area contributed by atoms with Crippen LogP contribution in [0, 0.1) is 5.41 Å². The topological polar surface area (TPSA) is 70.2 Å². The molecule has 1 saturated heterocycles. The van der Waals surface area contributed by atoms with Gasteiger partial charge in [-0.2, -0.15) is 0 Å². The number of likely N-dealkylation sites (tertiary alicyclic amines) is 1. The van der Waals surface area contributed by atoms with E-state index in [0.29, 0.717) is 11.1 Å². The third-order valence-electron chi connectivity index (χ3n) is 2.84. The van der Waals surface area contributed by atoms with Crippen LogP contribution >= 0.6 is 0 Å². The maximum atomic E-state index is 12.0. The number of nitrogens with one attached hydrogen (secondary N) is 1. The summed E-state index contributed by atoms with van der Waals surface area (Å²) in [5.41, 5.74) is 6.67. The molecule has 1 heterocycles. The lowest BCUT2D eigenvalue weighted by molar-refractivity contribution is 0.0793. The van der Waals surface area contributed by atoms with E-state index >= 15 is 0 Å². The Labute approximate surface area is 94.6 Å². The van der Waals surface area contributed by atoms with Crippen LogP contribution in [0.25, 0.3) is 0 Å². The van der Waals surface area contributed by atoms with Crippen LogP contribution in [0.1, 0.15) is 28.8 Å². The zero-order chi connectivity index (χ0) is 11.5. The Hall–Kier alpha value is -1.84. The molecule has 1 fully saturated rings. The number of benzene rings is 1. The van der Waals surface area contributed by atoms with Gasteiger partial charge < -0.3 is 10.6 Å². The SMILES string of the molecule is N=C(N)c1ccc(C(=O)N2CCCC2)cc1. The highest BCUT2D eigenvalue weighted by Gasteiger charge is 2.19. The average molecular weight is 217 g/mol. The molecular formula is C12H15N3O. The summed E-state index contributed by atoms with van der Waals surface area (Å²) < 4.78 is 0. The fourth-order valence-corrected chi connectivity index (χ4v) is 1.90. The molecule has 4 heteroatoms. The molecule has 0 spiro atoms. The number of amides is 1. The summed E-state index contributed by atoms with van der Waals surface area (Å²) in [6, 6.07) is 6.89. The number of nitrogens with two attached hydrogens (primary N) is 1. The molecule has 0 atom stereocenters. The van der Waals surface area contributed by atoms with Crippen LogP contribution < -0.4 is 5.73 Å². The number of carbonyl (C=O) groups is 1. The van der Waals surface area contributed by atoms with Crippen LogP contribution in [-0.2, 0) is 0 Å². The Morgan fingerprint density at radius 3 is 2.12 bits per heavy atom. The third kappa shape index (κ3) is 2.05. The summed E-state index contributed by atoms with van der Waals surface area (Å²) in [6.07, 6.45) is 2.19. The Balaban J connectivity index is 2.14. The number of carbonyl (C=O) groups excluding carboxylic acids is 1. The fraction of sp³-hybridized carbons (Fsp3) is 0.333. The average Bonchev–Trinajstić information content (AvgIpc) is 2.81. The molecule has 1 aromatic rings. The van der Waals surface area contributed by atoms with Crippen LogP contribution in [0.2, 0.25) is 0 Å². The maximum absolute atomic E-state index is 12.0. The van der Waals surface area contributed by atoms with Crippen molar-refractivity contribution in [2.24, 2.45) is 5.73 Å². The standard InChI is InChI=1S/C12H15N3O/c13-11(14)9-3-5-10(6-4-9)12(16)15-7-1-2-8-15/h3-6H,1-2,7-8H2,(H3,13,14). The summed E-state index contributed by atoms with van der Waals surface area (Å²) in [5.74, 6) is 0.104. The van der Waals surface area contributed by atoms with E-state index < -0.39 is 0 Å². The molecule has 0 bridgehead atoms. The van der Waals surface area contributed by atoms with Gasteiger partial charge in [-0.05, 0) is 25.0 Å². The minimum atomic E-state index is 0.0279. The summed E-state index contributed by atoms with van der Waals surface area (Å²) in [4.78, 5) is 13.8. The monoisotopic (exact) mass is 217 g/mol. The van der Waals surface area contributed by atoms with Gasteiger partial charge in [0, 0.05) is 24.2 Å². The van der Waals surface area contributed by atoms with E-state index in [1.54, 1.807) is 24.3 Å². The Morgan fingerprint density at radius 1 is 1.12 bits per heavy atom. The number of nitrogens with zero attached hydrogens (tertiary/aromatic N) is 1. The fourth-order valence-electron chi connectivity index (χ4n) is 1.90. The van der Waals surface area contributed by atoms with Gasteiger partial charge in [0.05, 0.1) is 0 Å². The lowest BCUT2D eigenvalue weighted by atomic mass is 10.1. The van der Waals surface area contributed by atoms with Crippen molar-refractivity contribution in [3.63, 3.8) is 0 Å². The minimum absolute atomic E-state index is 0.0279. The zero-order valence-corrected chi connectivity index (χ0v) is 9.07. The first kappa shape index (κ1) is 10.7. The van der Waals surface area contributed by atoms with E-state index in [2.05, 4.69) is 0 Å². The van der Waals surface area contributed by atoms with Gasteiger partial charge in [-0.15, -0.1) is 0 Å². The minimum Gasteiger partial charge on any atom is -0.384 e. The molecule has 0 saturated carbocycles. The molecule has 16 heavy (non-hydrogen) atoms. The van der Waals surface area contributed by atoms with Gasteiger partial charge in [-0.25, -0.2) is 0 Å². The van der Waals surface area contributed by atoms with Crippen molar-refractivity contribution in [2.75, 3.05) is 13.1 Å². The van der Waals surface area contributed by atoms with Crippen molar-refractivity contribution < 1.29 is 4.79 Å². The molecule has 1 aliphatic heterocycles. The van der Waals surface area contributed by atoms with Gasteiger partial charge in [0.25, 0.3) is 5.91 Å². The summed E-state index contributed by atoms with van der Waals surface area (Å²) in [6.45, 7) is 1.71. The van der Waals surface area contributed by atoms with E-state index in [-0.39, 0.29) is 11.7 Å². The van der Waals surface area contributed by atoms with Crippen LogP contribution in [0.3, 0.4) is 0 Å².